The molecule has 3 rings (SSSR count). The highest BCUT2D eigenvalue weighted by Gasteiger charge is 2.10. The Hall–Kier alpha value is -2.92. The summed E-state index contributed by atoms with van der Waals surface area (Å²) in [6.45, 7) is 2.56. The van der Waals surface area contributed by atoms with E-state index < -0.39 is 0 Å². The molecule has 3 aromatic carbocycles. The van der Waals surface area contributed by atoms with Gasteiger partial charge in [0, 0.05) is 9.79 Å². The van der Waals surface area contributed by atoms with Gasteiger partial charge in [0.1, 0.15) is 17.2 Å². The van der Waals surface area contributed by atoms with Crippen LogP contribution in [0.3, 0.4) is 0 Å². The van der Waals surface area contributed by atoms with Crippen LogP contribution < -0.4 is 9.47 Å². The Morgan fingerprint density at radius 2 is 1.50 bits per heavy atom. The fourth-order valence-corrected chi connectivity index (χ4v) is 3.71. The van der Waals surface area contributed by atoms with Crippen molar-refractivity contribution in [2.45, 2.75) is 36.0 Å². The number of benzene rings is 3. The number of unbranched alkanes of at least 4 members (excludes halogenated alkanes) is 1. The maximum absolute atomic E-state index is 12.1. The van der Waals surface area contributed by atoms with Crippen LogP contribution in [-0.4, -0.2) is 19.7 Å². The average Bonchev–Trinajstić information content (AvgIpc) is 2.77. The SMILES string of the molecule is CCCCOC(=O)Cc1ccccc1Sc1ccc(Oc2ccc(OC)cc2)cc1. The second kappa shape index (κ2) is 11.3. The number of rotatable bonds is 10. The van der Waals surface area contributed by atoms with Crippen LogP contribution in [0, 0.1) is 0 Å². The first-order valence-electron chi connectivity index (χ1n) is 10.0. The molecule has 0 radical (unpaired) electrons. The van der Waals surface area contributed by atoms with E-state index in [1.54, 1.807) is 18.9 Å². The van der Waals surface area contributed by atoms with Crippen molar-refractivity contribution in [3.63, 3.8) is 0 Å². The molecule has 156 valence electrons. The molecule has 0 saturated heterocycles. The number of methoxy groups -OCH3 is 1. The van der Waals surface area contributed by atoms with E-state index in [-0.39, 0.29) is 12.4 Å². The zero-order valence-electron chi connectivity index (χ0n) is 17.3. The molecule has 5 heteroatoms. The van der Waals surface area contributed by atoms with Gasteiger partial charge in [-0.3, -0.25) is 4.79 Å². The lowest BCUT2D eigenvalue weighted by molar-refractivity contribution is -0.142. The molecular formula is C25H26O4S. The quantitative estimate of drug-likeness (QED) is 0.275. The molecule has 0 aliphatic heterocycles. The van der Waals surface area contributed by atoms with Gasteiger partial charge in [-0.1, -0.05) is 43.3 Å². The Morgan fingerprint density at radius 1 is 0.867 bits per heavy atom. The monoisotopic (exact) mass is 422 g/mol. The predicted octanol–water partition coefficient (Wildman–Crippen LogP) is 6.52. The van der Waals surface area contributed by atoms with Gasteiger partial charge in [0.15, 0.2) is 0 Å². The zero-order chi connectivity index (χ0) is 21.2. The molecular weight excluding hydrogens is 396 g/mol. The van der Waals surface area contributed by atoms with Crippen molar-refractivity contribution in [3.05, 3.63) is 78.4 Å². The summed E-state index contributed by atoms with van der Waals surface area (Å²) >= 11 is 1.62. The number of hydrogen-bond acceptors (Lipinski definition) is 5. The van der Waals surface area contributed by atoms with E-state index in [0.717, 1.165) is 45.4 Å². The fraction of sp³-hybridized carbons (Fsp3) is 0.240. The van der Waals surface area contributed by atoms with E-state index in [1.807, 2.05) is 72.8 Å². The molecule has 0 bridgehead atoms. The first-order chi connectivity index (χ1) is 14.7. The summed E-state index contributed by atoms with van der Waals surface area (Å²) in [5.41, 5.74) is 0.975. The first-order valence-corrected chi connectivity index (χ1v) is 10.8. The summed E-state index contributed by atoms with van der Waals surface area (Å²) in [5, 5.41) is 0. The van der Waals surface area contributed by atoms with Crippen molar-refractivity contribution >= 4 is 17.7 Å². The van der Waals surface area contributed by atoms with E-state index in [0.29, 0.717) is 6.61 Å². The van der Waals surface area contributed by atoms with Crippen molar-refractivity contribution in [2.24, 2.45) is 0 Å². The van der Waals surface area contributed by atoms with Gasteiger partial charge in [-0.05, 0) is 66.6 Å². The first kappa shape index (κ1) is 21.8. The highest BCUT2D eigenvalue weighted by Crippen LogP contribution is 2.33. The Balaban J connectivity index is 1.61. The Bertz CT molecular complexity index is 936. The van der Waals surface area contributed by atoms with Gasteiger partial charge in [-0.15, -0.1) is 0 Å². The van der Waals surface area contributed by atoms with E-state index in [9.17, 15) is 4.79 Å². The topological polar surface area (TPSA) is 44.8 Å². The third kappa shape index (κ3) is 6.56. The summed E-state index contributed by atoms with van der Waals surface area (Å²) in [6.07, 6.45) is 2.19. The number of hydrogen-bond donors (Lipinski definition) is 0. The van der Waals surface area contributed by atoms with E-state index >= 15 is 0 Å². The van der Waals surface area contributed by atoms with Crippen molar-refractivity contribution in [3.8, 4) is 17.2 Å². The molecule has 0 atom stereocenters. The van der Waals surface area contributed by atoms with Gasteiger partial charge in [0.2, 0.25) is 0 Å². The third-order valence-corrected chi connectivity index (χ3v) is 5.54. The molecule has 0 heterocycles. The van der Waals surface area contributed by atoms with Crippen molar-refractivity contribution in [2.75, 3.05) is 13.7 Å². The maximum atomic E-state index is 12.1. The molecule has 0 aliphatic carbocycles. The Labute approximate surface area is 182 Å². The summed E-state index contributed by atoms with van der Waals surface area (Å²) < 4.78 is 16.3. The molecule has 0 fully saturated rings. The van der Waals surface area contributed by atoms with E-state index in [2.05, 4.69) is 6.92 Å². The number of carbonyl (C=O) groups is 1. The Morgan fingerprint density at radius 3 is 2.17 bits per heavy atom. The molecule has 0 saturated carbocycles. The highest BCUT2D eigenvalue weighted by atomic mass is 32.2. The second-order valence-corrected chi connectivity index (χ2v) is 7.82. The van der Waals surface area contributed by atoms with Gasteiger partial charge < -0.3 is 14.2 Å². The molecule has 3 aromatic rings. The molecule has 0 N–H and O–H groups in total. The fourth-order valence-electron chi connectivity index (χ4n) is 2.77. The molecule has 4 nitrogen and oxygen atoms in total. The average molecular weight is 423 g/mol. The van der Waals surface area contributed by atoms with Crippen LogP contribution in [0.15, 0.2) is 82.6 Å². The van der Waals surface area contributed by atoms with Crippen molar-refractivity contribution in [1.29, 1.82) is 0 Å². The summed E-state index contributed by atoms with van der Waals surface area (Å²) in [6, 6.07) is 23.3. The van der Waals surface area contributed by atoms with Crippen LogP contribution >= 0.6 is 11.8 Å². The molecule has 0 spiro atoms. The summed E-state index contributed by atoms with van der Waals surface area (Å²) in [7, 11) is 1.64. The number of ether oxygens (including phenoxy) is 3. The highest BCUT2D eigenvalue weighted by molar-refractivity contribution is 7.99. The predicted molar refractivity (Wildman–Crippen MR) is 120 cm³/mol. The number of carbonyl (C=O) groups excluding carboxylic acids is 1. The second-order valence-electron chi connectivity index (χ2n) is 6.71. The van der Waals surface area contributed by atoms with Crippen molar-refractivity contribution < 1.29 is 19.0 Å². The lowest BCUT2D eigenvalue weighted by atomic mass is 10.1. The third-order valence-electron chi connectivity index (χ3n) is 4.42. The van der Waals surface area contributed by atoms with Gasteiger partial charge >= 0.3 is 5.97 Å². The zero-order valence-corrected chi connectivity index (χ0v) is 18.1. The normalized spacial score (nSPS) is 10.5. The molecule has 0 amide bonds. The number of esters is 1. The van der Waals surface area contributed by atoms with Crippen LogP contribution in [0.2, 0.25) is 0 Å². The van der Waals surface area contributed by atoms with Crippen LogP contribution in [0.5, 0.6) is 17.2 Å². The minimum absolute atomic E-state index is 0.181. The van der Waals surface area contributed by atoms with Crippen LogP contribution in [0.1, 0.15) is 25.3 Å². The molecule has 0 aromatic heterocycles. The van der Waals surface area contributed by atoms with Crippen LogP contribution in [0.4, 0.5) is 0 Å². The van der Waals surface area contributed by atoms with Gasteiger partial charge in [0.25, 0.3) is 0 Å². The van der Waals surface area contributed by atoms with Gasteiger partial charge in [0.05, 0.1) is 20.1 Å². The van der Waals surface area contributed by atoms with E-state index in [1.165, 1.54) is 0 Å². The van der Waals surface area contributed by atoms with Crippen LogP contribution in [0.25, 0.3) is 0 Å². The summed E-state index contributed by atoms with van der Waals surface area (Å²) in [4.78, 5) is 14.2. The lowest BCUT2D eigenvalue weighted by Gasteiger charge is -2.10. The van der Waals surface area contributed by atoms with Crippen molar-refractivity contribution in [1.82, 2.24) is 0 Å². The molecule has 30 heavy (non-hydrogen) atoms. The van der Waals surface area contributed by atoms with Crippen LogP contribution in [-0.2, 0) is 16.0 Å². The maximum Gasteiger partial charge on any atom is 0.310 e. The van der Waals surface area contributed by atoms with Gasteiger partial charge in [-0.25, -0.2) is 0 Å². The largest absolute Gasteiger partial charge is 0.497 e. The molecule has 0 aliphatic rings. The standard InChI is InChI=1S/C25H26O4S/c1-3-4-17-28-25(26)18-19-7-5-6-8-24(19)30-23-15-13-22(14-16-23)29-21-11-9-20(27-2)10-12-21/h5-16H,3-4,17-18H2,1-2H3. The lowest BCUT2D eigenvalue weighted by Crippen LogP contribution is -2.09. The summed E-state index contributed by atoms with van der Waals surface area (Å²) in [5.74, 6) is 2.13. The minimum atomic E-state index is -0.181. The minimum Gasteiger partial charge on any atom is -0.497 e. The molecule has 0 unspecified atom stereocenters. The van der Waals surface area contributed by atoms with E-state index in [4.69, 9.17) is 14.2 Å². The Kier molecular flexibility index (Phi) is 8.21. The smallest absolute Gasteiger partial charge is 0.310 e. The van der Waals surface area contributed by atoms with Gasteiger partial charge in [-0.2, -0.15) is 0 Å².